The van der Waals surface area contributed by atoms with Gasteiger partial charge >= 0.3 is 5.97 Å². The van der Waals surface area contributed by atoms with E-state index >= 15 is 0 Å². The summed E-state index contributed by atoms with van der Waals surface area (Å²) < 4.78 is 31.7. The summed E-state index contributed by atoms with van der Waals surface area (Å²) in [6.07, 6.45) is -1.11. The molecule has 10 heteroatoms. The Balaban J connectivity index is 2.05. The van der Waals surface area contributed by atoms with E-state index in [1.807, 2.05) is 0 Å². The van der Waals surface area contributed by atoms with E-state index in [1.54, 1.807) is 32.0 Å². The summed E-state index contributed by atoms with van der Waals surface area (Å²) in [5, 5.41) is 3.59. The van der Waals surface area contributed by atoms with Gasteiger partial charge in [-0.05, 0) is 49.7 Å². The number of esters is 1. The van der Waals surface area contributed by atoms with Gasteiger partial charge < -0.3 is 10.1 Å². The zero-order valence-corrected chi connectivity index (χ0v) is 18.9. The van der Waals surface area contributed by atoms with Crippen molar-refractivity contribution in [3.8, 4) is 0 Å². The normalized spacial score (nSPS) is 13.4. The van der Waals surface area contributed by atoms with Gasteiger partial charge in [-0.3, -0.25) is 4.79 Å². The number of carbonyl (C=O) groups excluding carboxylic acids is 2. The molecule has 0 saturated heterocycles. The first-order valence-electron chi connectivity index (χ1n) is 9.11. The number of amides is 1. The predicted molar refractivity (Wildman–Crippen MR) is 115 cm³/mol. The van der Waals surface area contributed by atoms with Gasteiger partial charge in [0.2, 0.25) is 10.0 Å². The molecule has 0 aliphatic rings. The second-order valence-electron chi connectivity index (χ2n) is 6.47. The molecule has 2 atom stereocenters. The van der Waals surface area contributed by atoms with Crippen LogP contribution in [-0.4, -0.2) is 32.9 Å². The molecule has 0 saturated carbocycles. The minimum atomic E-state index is -3.72. The summed E-state index contributed by atoms with van der Waals surface area (Å²) in [6, 6.07) is 9.87. The molecule has 2 unspecified atom stereocenters. The summed E-state index contributed by atoms with van der Waals surface area (Å²) in [5.74, 6) is -1.35. The minimum Gasteiger partial charge on any atom is -0.449 e. The lowest BCUT2D eigenvalue weighted by molar-refractivity contribution is -0.129. The number of ether oxygens (including phenoxy) is 1. The van der Waals surface area contributed by atoms with Crippen LogP contribution in [0, 0.1) is 0 Å². The van der Waals surface area contributed by atoms with Gasteiger partial charge in [-0.25, -0.2) is 17.9 Å². The Kier molecular flexibility index (Phi) is 8.25. The van der Waals surface area contributed by atoms with Crippen LogP contribution in [-0.2, 0) is 19.6 Å². The molecule has 0 radical (unpaired) electrons. The van der Waals surface area contributed by atoms with Crippen molar-refractivity contribution in [1.29, 1.82) is 0 Å². The van der Waals surface area contributed by atoms with Crippen LogP contribution in [0.5, 0.6) is 0 Å². The largest absolute Gasteiger partial charge is 0.449 e. The average Bonchev–Trinajstić information content (AvgIpc) is 2.67. The van der Waals surface area contributed by atoms with Crippen LogP contribution < -0.4 is 10.0 Å². The molecule has 162 valence electrons. The van der Waals surface area contributed by atoms with E-state index in [9.17, 15) is 18.0 Å². The molecule has 2 rings (SSSR count). The molecule has 0 aliphatic carbocycles. The zero-order chi connectivity index (χ0) is 22.5. The molecule has 2 aromatic rings. The van der Waals surface area contributed by atoms with Crippen LogP contribution in [0.15, 0.2) is 47.4 Å². The van der Waals surface area contributed by atoms with Crippen molar-refractivity contribution in [3.63, 3.8) is 0 Å². The van der Waals surface area contributed by atoms with Crippen molar-refractivity contribution in [2.45, 2.75) is 37.8 Å². The number of hydrogen-bond acceptors (Lipinski definition) is 5. The summed E-state index contributed by atoms with van der Waals surface area (Å²) >= 11 is 12.0. The Labute approximate surface area is 185 Å². The Morgan fingerprint density at radius 3 is 2.43 bits per heavy atom. The number of carbonyl (C=O) groups is 2. The first kappa shape index (κ1) is 24.1. The lowest BCUT2D eigenvalue weighted by Gasteiger charge is -2.19. The van der Waals surface area contributed by atoms with E-state index in [2.05, 4.69) is 10.0 Å². The van der Waals surface area contributed by atoms with E-state index in [-0.39, 0.29) is 17.0 Å². The maximum Gasteiger partial charge on any atom is 0.338 e. The van der Waals surface area contributed by atoms with Gasteiger partial charge in [-0.15, -0.1) is 0 Å². The topological polar surface area (TPSA) is 102 Å². The molecular formula is C20H22Cl2N2O5S. The highest BCUT2D eigenvalue weighted by Gasteiger charge is 2.23. The van der Waals surface area contributed by atoms with Gasteiger partial charge in [0.25, 0.3) is 5.91 Å². The molecule has 0 fully saturated rings. The SMILES string of the molecule is CCNS(=O)(=O)c1cccc(C(=O)OC(C)C(=O)NC(C)c2ccc(Cl)cc2Cl)c1. The van der Waals surface area contributed by atoms with Crippen molar-refractivity contribution in [1.82, 2.24) is 10.0 Å². The van der Waals surface area contributed by atoms with Crippen LogP contribution >= 0.6 is 23.2 Å². The Morgan fingerprint density at radius 2 is 1.80 bits per heavy atom. The number of benzene rings is 2. The van der Waals surface area contributed by atoms with Crippen molar-refractivity contribution in [3.05, 3.63) is 63.6 Å². The molecule has 0 aliphatic heterocycles. The standard InChI is InChI=1S/C20H22Cl2N2O5S/c1-4-23-30(27,28)16-7-5-6-14(10-16)20(26)29-13(3)19(25)24-12(2)17-9-8-15(21)11-18(17)22/h5-13,23H,4H2,1-3H3,(H,24,25). The van der Waals surface area contributed by atoms with E-state index in [0.717, 1.165) is 0 Å². The van der Waals surface area contributed by atoms with E-state index in [0.29, 0.717) is 15.6 Å². The van der Waals surface area contributed by atoms with Gasteiger partial charge in [0.15, 0.2) is 6.10 Å². The first-order valence-corrected chi connectivity index (χ1v) is 11.3. The van der Waals surface area contributed by atoms with Crippen molar-refractivity contribution < 1.29 is 22.7 Å². The summed E-state index contributed by atoms with van der Waals surface area (Å²) in [7, 11) is -3.72. The Bertz CT molecular complexity index is 1040. The minimum absolute atomic E-state index is 0.0161. The molecule has 7 nitrogen and oxygen atoms in total. The molecule has 2 N–H and O–H groups in total. The quantitative estimate of drug-likeness (QED) is 0.570. The number of halogens is 2. The predicted octanol–water partition coefficient (Wildman–Crippen LogP) is 3.71. The van der Waals surface area contributed by atoms with Gasteiger partial charge in [0.05, 0.1) is 16.5 Å². The maximum absolute atomic E-state index is 12.4. The van der Waals surface area contributed by atoms with E-state index < -0.39 is 34.0 Å². The smallest absolute Gasteiger partial charge is 0.338 e. The lowest BCUT2D eigenvalue weighted by atomic mass is 10.1. The fraction of sp³-hybridized carbons (Fsp3) is 0.300. The highest BCUT2D eigenvalue weighted by Crippen LogP contribution is 2.26. The lowest BCUT2D eigenvalue weighted by Crippen LogP contribution is -2.37. The molecule has 0 heterocycles. The number of rotatable bonds is 8. The highest BCUT2D eigenvalue weighted by molar-refractivity contribution is 7.89. The third kappa shape index (κ3) is 6.18. The number of sulfonamides is 1. The zero-order valence-electron chi connectivity index (χ0n) is 16.6. The average molecular weight is 473 g/mol. The van der Waals surface area contributed by atoms with Crippen molar-refractivity contribution in [2.24, 2.45) is 0 Å². The summed E-state index contributed by atoms with van der Waals surface area (Å²) in [6.45, 7) is 5.01. The molecule has 30 heavy (non-hydrogen) atoms. The molecule has 0 spiro atoms. The fourth-order valence-corrected chi connectivity index (χ4v) is 4.27. The van der Waals surface area contributed by atoms with Gasteiger partial charge in [-0.2, -0.15) is 0 Å². The van der Waals surface area contributed by atoms with Crippen LogP contribution in [0.2, 0.25) is 10.0 Å². The Hall–Kier alpha value is -2.13. The van der Waals surface area contributed by atoms with Crippen molar-refractivity contribution in [2.75, 3.05) is 6.54 Å². The van der Waals surface area contributed by atoms with Crippen molar-refractivity contribution >= 4 is 45.1 Å². The summed E-state index contributed by atoms with van der Waals surface area (Å²) in [4.78, 5) is 24.7. The molecule has 2 aromatic carbocycles. The second-order valence-corrected chi connectivity index (χ2v) is 9.08. The molecule has 0 bridgehead atoms. The summed E-state index contributed by atoms with van der Waals surface area (Å²) in [5.41, 5.74) is 0.677. The van der Waals surface area contributed by atoms with Gasteiger partial charge in [0.1, 0.15) is 0 Å². The van der Waals surface area contributed by atoms with E-state index in [4.69, 9.17) is 27.9 Å². The fourth-order valence-electron chi connectivity index (χ4n) is 2.61. The molecule has 0 aromatic heterocycles. The maximum atomic E-state index is 12.4. The van der Waals surface area contributed by atoms with Crippen LogP contribution in [0.25, 0.3) is 0 Å². The monoisotopic (exact) mass is 472 g/mol. The van der Waals surface area contributed by atoms with Crippen LogP contribution in [0.1, 0.15) is 42.7 Å². The van der Waals surface area contributed by atoms with Crippen LogP contribution in [0.3, 0.4) is 0 Å². The third-order valence-electron chi connectivity index (χ3n) is 4.16. The molecule has 1 amide bonds. The second kappa shape index (κ2) is 10.3. The van der Waals surface area contributed by atoms with Gasteiger partial charge in [-0.1, -0.05) is 42.3 Å². The highest BCUT2D eigenvalue weighted by atomic mass is 35.5. The Morgan fingerprint density at radius 1 is 1.10 bits per heavy atom. The number of nitrogens with one attached hydrogen (secondary N) is 2. The number of hydrogen-bond donors (Lipinski definition) is 2. The van der Waals surface area contributed by atoms with Crippen LogP contribution in [0.4, 0.5) is 0 Å². The third-order valence-corrected chi connectivity index (χ3v) is 6.26. The first-order chi connectivity index (χ1) is 14.0. The van der Waals surface area contributed by atoms with Gasteiger partial charge in [0, 0.05) is 16.6 Å². The molecular weight excluding hydrogens is 451 g/mol. The van der Waals surface area contributed by atoms with E-state index in [1.165, 1.54) is 31.2 Å².